The van der Waals surface area contributed by atoms with Gasteiger partial charge >= 0.3 is 12.1 Å². The van der Waals surface area contributed by atoms with Gasteiger partial charge in [-0.1, -0.05) is 12.1 Å². The van der Waals surface area contributed by atoms with Crippen LogP contribution in [0.1, 0.15) is 39.2 Å². The number of terminal acetylenes is 2. The van der Waals surface area contributed by atoms with Crippen molar-refractivity contribution in [2.75, 3.05) is 6.61 Å². The van der Waals surface area contributed by atoms with E-state index >= 15 is 0 Å². The first-order chi connectivity index (χ1) is 13.1. The van der Waals surface area contributed by atoms with Gasteiger partial charge < -0.3 is 19.9 Å². The van der Waals surface area contributed by atoms with Crippen molar-refractivity contribution in [2.45, 2.75) is 51.7 Å². The molecule has 1 amide bonds. The normalized spacial score (nSPS) is 11.8. The van der Waals surface area contributed by atoms with Crippen LogP contribution < -0.4 is 5.32 Å². The fourth-order valence-electron chi connectivity index (χ4n) is 2.33. The Morgan fingerprint density at radius 1 is 1.14 bits per heavy atom. The first-order valence-corrected chi connectivity index (χ1v) is 8.95. The number of alkyl carbamates (subject to hydrolysis) is 1. The van der Waals surface area contributed by atoms with E-state index in [9.17, 15) is 14.7 Å². The Balaban J connectivity index is 2.84. The summed E-state index contributed by atoms with van der Waals surface area (Å²) < 4.78 is 10.6. The van der Waals surface area contributed by atoms with E-state index in [1.54, 1.807) is 32.9 Å². The smallest absolute Gasteiger partial charge is 0.408 e. The zero-order valence-corrected chi connectivity index (χ0v) is 16.5. The molecule has 0 heterocycles. The van der Waals surface area contributed by atoms with Crippen LogP contribution in [0.4, 0.5) is 4.79 Å². The monoisotopic (exact) mass is 385 g/mol. The summed E-state index contributed by atoms with van der Waals surface area (Å²) >= 11 is 0. The highest BCUT2D eigenvalue weighted by Crippen LogP contribution is 2.14. The van der Waals surface area contributed by atoms with Gasteiger partial charge in [-0.2, -0.15) is 0 Å². The molecule has 0 radical (unpaired) electrons. The average molecular weight is 385 g/mol. The Kier molecular flexibility index (Phi) is 8.91. The maximum atomic E-state index is 12.6. The van der Waals surface area contributed by atoms with Gasteiger partial charge in [0.05, 0.1) is 6.61 Å². The molecule has 0 bridgehead atoms. The van der Waals surface area contributed by atoms with Gasteiger partial charge in [0.1, 0.15) is 17.4 Å². The van der Waals surface area contributed by atoms with Crippen molar-refractivity contribution < 1.29 is 24.2 Å². The summed E-state index contributed by atoms with van der Waals surface area (Å²) in [4.78, 5) is 24.7. The molecule has 6 nitrogen and oxygen atoms in total. The average Bonchev–Trinajstić information content (AvgIpc) is 2.59. The van der Waals surface area contributed by atoms with Crippen molar-refractivity contribution in [1.29, 1.82) is 0 Å². The molecule has 1 rings (SSSR count). The standard InChI is InChI=1S/C22H27NO5/c1-6-8-17(9-7-2)15-27-20(25)19(23-21(26)28-22(3,4)5)14-16-10-12-18(24)13-11-16/h1-2,10-13,17,19,24H,8-9,14-15H2,3-5H3,(H,23,26)/t19-/m0/s1. The molecule has 0 saturated heterocycles. The number of ether oxygens (including phenoxy) is 2. The third-order valence-corrected chi connectivity index (χ3v) is 3.63. The predicted octanol–water partition coefficient (Wildman–Crippen LogP) is 3.03. The molecule has 1 aromatic rings. The molecule has 0 aromatic heterocycles. The number of esters is 1. The fraction of sp³-hybridized carbons (Fsp3) is 0.455. The molecule has 6 heteroatoms. The Hall–Kier alpha value is -3.12. The molecule has 1 atom stereocenters. The summed E-state index contributed by atoms with van der Waals surface area (Å²) in [5, 5.41) is 12.0. The van der Waals surface area contributed by atoms with Crippen LogP contribution in [0.2, 0.25) is 0 Å². The minimum Gasteiger partial charge on any atom is -0.508 e. The summed E-state index contributed by atoms with van der Waals surface area (Å²) in [6, 6.07) is 5.36. The van der Waals surface area contributed by atoms with Gasteiger partial charge in [0, 0.05) is 25.2 Å². The molecule has 0 unspecified atom stereocenters. The van der Waals surface area contributed by atoms with Crippen LogP contribution in [0.25, 0.3) is 0 Å². The number of rotatable bonds is 8. The molecule has 0 aliphatic carbocycles. The molecule has 0 aliphatic heterocycles. The lowest BCUT2D eigenvalue weighted by Crippen LogP contribution is -2.45. The minimum absolute atomic E-state index is 0.0648. The number of carbonyl (C=O) groups excluding carboxylic acids is 2. The molecule has 150 valence electrons. The quantitative estimate of drug-likeness (QED) is 0.531. The van der Waals surface area contributed by atoms with Crippen LogP contribution in [0.15, 0.2) is 24.3 Å². The SMILES string of the molecule is C#CCC(CC#C)COC(=O)[C@H](Cc1ccc(O)cc1)NC(=O)OC(C)(C)C. The second-order valence-corrected chi connectivity index (χ2v) is 7.38. The first kappa shape index (κ1) is 22.9. The number of hydrogen-bond donors (Lipinski definition) is 2. The lowest BCUT2D eigenvalue weighted by molar-refractivity contribution is -0.147. The number of amides is 1. The topological polar surface area (TPSA) is 84.9 Å². The third-order valence-electron chi connectivity index (χ3n) is 3.63. The van der Waals surface area contributed by atoms with Crippen molar-refractivity contribution in [1.82, 2.24) is 5.32 Å². The van der Waals surface area contributed by atoms with Gasteiger partial charge in [0.15, 0.2) is 0 Å². The van der Waals surface area contributed by atoms with Gasteiger partial charge in [0.2, 0.25) is 0 Å². The number of hydrogen-bond acceptors (Lipinski definition) is 5. The molecule has 1 aromatic carbocycles. The Morgan fingerprint density at radius 3 is 2.21 bits per heavy atom. The Labute approximate surface area is 166 Å². The van der Waals surface area contributed by atoms with Crippen LogP contribution in [0, 0.1) is 30.6 Å². The molecular weight excluding hydrogens is 358 g/mol. The van der Waals surface area contributed by atoms with Crippen LogP contribution in [0.3, 0.4) is 0 Å². The largest absolute Gasteiger partial charge is 0.508 e. The molecular formula is C22H27NO5. The van der Waals surface area contributed by atoms with Crippen molar-refractivity contribution in [3.63, 3.8) is 0 Å². The zero-order chi connectivity index (χ0) is 21.2. The lowest BCUT2D eigenvalue weighted by atomic mass is 10.0. The van der Waals surface area contributed by atoms with Gasteiger partial charge in [-0.05, 0) is 38.5 Å². The summed E-state index contributed by atoms with van der Waals surface area (Å²) in [5.41, 5.74) is 0.0292. The highest BCUT2D eigenvalue weighted by molar-refractivity contribution is 5.81. The zero-order valence-electron chi connectivity index (χ0n) is 16.5. The fourth-order valence-corrected chi connectivity index (χ4v) is 2.33. The first-order valence-electron chi connectivity index (χ1n) is 8.95. The molecule has 0 aliphatic rings. The van der Waals surface area contributed by atoms with E-state index < -0.39 is 23.7 Å². The molecule has 28 heavy (non-hydrogen) atoms. The van der Waals surface area contributed by atoms with Crippen molar-refractivity contribution in [2.24, 2.45) is 5.92 Å². The number of benzene rings is 1. The number of nitrogens with one attached hydrogen (secondary N) is 1. The number of carbonyl (C=O) groups is 2. The highest BCUT2D eigenvalue weighted by Gasteiger charge is 2.26. The number of phenolic OH excluding ortho intramolecular Hbond substituents is 1. The van der Waals surface area contributed by atoms with Crippen LogP contribution in [-0.2, 0) is 20.7 Å². The molecule has 0 spiro atoms. The predicted molar refractivity (Wildman–Crippen MR) is 106 cm³/mol. The molecule has 0 fully saturated rings. The van der Waals surface area contributed by atoms with E-state index in [1.165, 1.54) is 12.1 Å². The van der Waals surface area contributed by atoms with Crippen molar-refractivity contribution >= 4 is 12.1 Å². The summed E-state index contributed by atoms with van der Waals surface area (Å²) in [6.07, 6.45) is 10.8. The minimum atomic E-state index is -0.961. The van der Waals surface area contributed by atoms with Crippen LogP contribution >= 0.6 is 0 Å². The van der Waals surface area contributed by atoms with Crippen molar-refractivity contribution in [3.05, 3.63) is 29.8 Å². The van der Waals surface area contributed by atoms with Crippen LogP contribution in [0.5, 0.6) is 5.75 Å². The van der Waals surface area contributed by atoms with E-state index in [-0.39, 0.29) is 24.7 Å². The van der Waals surface area contributed by atoms with E-state index in [1.807, 2.05) is 0 Å². The van der Waals surface area contributed by atoms with Gasteiger partial charge in [-0.25, -0.2) is 9.59 Å². The Morgan fingerprint density at radius 2 is 1.71 bits per heavy atom. The highest BCUT2D eigenvalue weighted by atomic mass is 16.6. The maximum absolute atomic E-state index is 12.6. The second-order valence-electron chi connectivity index (χ2n) is 7.38. The van der Waals surface area contributed by atoms with E-state index in [0.717, 1.165) is 5.56 Å². The lowest BCUT2D eigenvalue weighted by Gasteiger charge is -2.23. The van der Waals surface area contributed by atoms with Gasteiger partial charge in [0.25, 0.3) is 0 Å². The van der Waals surface area contributed by atoms with E-state index in [0.29, 0.717) is 12.8 Å². The maximum Gasteiger partial charge on any atom is 0.408 e. The summed E-state index contributed by atoms with van der Waals surface area (Å²) in [5.74, 6) is 4.37. The van der Waals surface area contributed by atoms with Crippen LogP contribution in [-0.4, -0.2) is 35.4 Å². The van der Waals surface area contributed by atoms with Gasteiger partial charge in [-0.3, -0.25) is 0 Å². The Bertz CT molecular complexity index is 718. The molecule has 0 saturated carbocycles. The van der Waals surface area contributed by atoms with Crippen molar-refractivity contribution in [3.8, 4) is 30.4 Å². The third kappa shape index (κ3) is 9.00. The van der Waals surface area contributed by atoms with Gasteiger partial charge in [-0.15, -0.1) is 24.7 Å². The van der Waals surface area contributed by atoms with E-state index in [2.05, 4.69) is 17.2 Å². The summed E-state index contributed by atoms with van der Waals surface area (Å²) in [6.45, 7) is 5.24. The number of phenols is 1. The molecule has 2 N–H and O–H groups in total. The second kappa shape index (κ2) is 10.9. The van der Waals surface area contributed by atoms with E-state index in [4.69, 9.17) is 22.3 Å². The number of aromatic hydroxyl groups is 1. The summed E-state index contributed by atoms with van der Waals surface area (Å²) in [7, 11) is 0.